The van der Waals surface area contributed by atoms with E-state index in [0.29, 0.717) is 5.75 Å². The van der Waals surface area contributed by atoms with Gasteiger partial charge in [-0.05, 0) is 18.3 Å². The summed E-state index contributed by atoms with van der Waals surface area (Å²) in [4.78, 5) is 10.9. The molecule has 1 saturated carbocycles. The molecule has 1 unspecified atom stereocenters. The average molecular weight is 215 g/mol. The van der Waals surface area contributed by atoms with Crippen molar-refractivity contribution in [1.82, 2.24) is 5.32 Å². The quantitative estimate of drug-likeness (QED) is 0.699. The van der Waals surface area contributed by atoms with Gasteiger partial charge in [0.05, 0.1) is 4.87 Å². The highest BCUT2D eigenvalue weighted by atomic mass is 32.2. The second-order valence-electron chi connectivity index (χ2n) is 4.91. The molecule has 0 bridgehead atoms. The van der Waals surface area contributed by atoms with E-state index < -0.39 is 5.97 Å². The number of carbonyl (C=O) groups is 1. The van der Waals surface area contributed by atoms with Gasteiger partial charge in [-0.1, -0.05) is 20.3 Å². The Balaban J connectivity index is 2.16. The number of nitrogens with one attached hydrogen (secondary N) is 1. The largest absolute Gasteiger partial charge is 0.480 e. The zero-order valence-corrected chi connectivity index (χ0v) is 9.49. The number of carboxylic acids is 1. The summed E-state index contributed by atoms with van der Waals surface area (Å²) in [5, 5.41) is 12.3. The summed E-state index contributed by atoms with van der Waals surface area (Å²) in [5.41, 5.74) is 0.224. The summed E-state index contributed by atoms with van der Waals surface area (Å²) in [7, 11) is 0. The lowest BCUT2D eigenvalue weighted by molar-refractivity contribution is -0.139. The average Bonchev–Trinajstić information content (AvgIpc) is 2.60. The number of hydrogen-bond donors (Lipinski definition) is 2. The van der Waals surface area contributed by atoms with Crippen molar-refractivity contribution in [3.05, 3.63) is 0 Å². The minimum Gasteiger partial charge on any atom is -0.480 e. The van der Waals surface area contributed by atoms with Gasteiger partial charge < -0.3 is 5.11 Å². The number of rotatable bonds is 1. The van der Waals surface area contributed by atoms with Crippen LogP contribution < -0.4 is 5.32 Å². The normalized spacial score (nSPS) is 40.6. The van der Waals surface area contributed by atoms with Crippen LogP contribution in [-0.2, 0) is 4.79 Å². The third-order valence-electron chi connectivity index (χ3n) is 3.63. The Hall–Kier alpha value is -0.220. The van der Waals surface area contributed by atoms with Crippen LogP contribution in [0.2, 0.25) is 0 Å². The first-order chi connectivity index (χ1) is 6.47. The fourth-order valence-electron chi connectivity index (χ4n) is 2.58. The highest BCUT2D eigenvalue weighted by molar-refractivity contribution is 8.01. The Kier molecular flexibility index (Phi) is 2.31. The van der Waals surface area contributed by atoms with E-state index in [1.807, 2.05) is 0 Å². The molecule has 1 aliphatic heterocycles. The van der Waals surface area contributed by atoms with Crippen molar-refractivity contribution in [3.63, 3.8) is 0 Å². The van der Waals surface area contributed by atoms with Crippen molar-refractivity contribution in [1.29, 1.82) is 0 Å². The van der Waals surface area contributed by atoms with Crippen LogP contribution >= 0.6 is 11.8 Å². The van der Waals surface area contributed by atoms with Gasteiger partial charge in [-0.25, -0.2) is 0 Å². The summed E-state index contributed by atoms with van der Waals surface area (Å²) >= 11 is 1.80. The van der Waals surface area contributed by atoms with Crippen LogP contribution in [-0.4, -0.2) is 27.7 Å². The monoisotopic (exact) mass is 215 g/mol. The molecule has 0 aromatic carbocycles. The lowest BCUT2D eigenvalue weighted by atomic mass is 9.86. The predicted octanol–water partition coefficient (Wildman–Crippen LogP) is 1.68. The molecule has 0 aromatic heterocycles. The van der Waals surface area contributed by atoms with Crippen molar-refractivity contribution >= 4 is 17.7 Å². The Morgan fingerprint density at radius 2 is 2.21 bits per heavy atom. The minimum atomic E-state index is -0.711. The van der Waals surface area contributed by atoms with Gasteiger partial charge in [-0.3, -0.25) is 10.1 Å². The van der Waals surface area contributed by atoms with Crippen molar-refractivity contribution < 1.29 is 9.90 Å². The lowest BCUT2D eigenvalue weighted by Gasteiger charge is -2.37. The Bertz CT molecular complexity index is 267. The van der Waals surface area contributed by atoms with E-state index in [9.17, 15) is 4.79 Å². The summed E-state index contributed by atoms with van der Waals surface area (Å²) < 4.78 is 0. The highest BCUT2D eigenvalue weighted by Crippen LogP contribution is 2.54. The number of thioether (sulfide) groups is 1. The Labute approximate surface area is 88.6 Å². The minimum absolute atomic E-state index is 0.0239. The summed E-state index contributed by atoms with van der Waals surface area (Å²) in [5.74, 6) is -0.00394. The molecular weight excluding hydrogens is 198 g/mol. The molecule has 1 saturated heterocycles. The van der Waals surface area contributed by atoms with E-state index in [2.05, 4.69) is 19.2 Å². The topological polar surface area (TPSA) is 49.3 Å². The molecule has 2 rings (SSSR count). The lowest BCUT2D eigenvalue weighted by Crippen LogP contribution is -2.50. The molecule has 0 amide bonds. The third kappa shape index (κ3) is 1.36. The van der Waals surface area contributed by atoms with Gasteiger partial charge in [0.2, 0.25) is 0 Å². The Morgan fingerprint density at radius 1 is 1.50 bits per heavy atom. The van der Waals surface area contributed by atoms with Gasteiger partial charge in [-0.15, -0.1) is 11.8 Å². The summed E-state index contributed by atoms with van der Waals surface area (Å²) in [6.07, 6.45) is 3.51. The van der Waals surface area contributed by atoms with Crippen LogP contribution in [0.1, 0.15) is 33.1 Å². The molecule has 1 heterocycles. The second-order valence-corrected chi connectivity index (χ2v) is 6.23. The fraction of sp³-hybridized carbons (Fsp3) is 0.900. The third-order valence-corrected chi connectivity index (χ3v) is 5.49. The molecule has 2 aliphatic rings. The van der Waals surface area contributed by atoms with Crippen LogP contribution in [0.5, 0.6) is 0 Å². The van der Waals surface area contributed by atoms with Gasteiger partial charge in [0.1, 0.15) is 6.04 Å². The molecule has 14 heavy (non-hydrogen) atoms. The van der Waals surface area contributed by atoms with Crippen molar-refractivity contribution in [2.45, 2.75) is 44.0 Å². The van der Waals surface area contributed by atoms with E-state index >= 15 is 0 Å². The van der Waals surface area contributed by atoms with Crippen LogP contribution in [0.25, 0.3) is 0 Å². The van der Waals surface area contributed by atoms with E-state index in [1.54, 1.807) is 11.8 Å². The smallest absolute Gasteiger partial charge is 0.321 e. The molecule has 1 aliphatic carbocycles. The van der Waals surface area contributed by atoms with E-state index in [-0.39, 0.29) is 16.3 Å². The van der Waals surface area contributed by atoms with Crippen molar-refractivity contribution in [2.75, 3.05) is 5.75 Å². The molecule has 2 atom stereocenters. The molecule has 3 nitrogen and oxygen atoms in total. The van der Waals surface area contributed by atoms with E-state index in [1.165, 1.54) is 12.8 Å². The molecular formula is C10H17NO2S. The molecule has 1 spiro atoms. The predicted molar refractivity (Wildman–Crippen MR) is 57.4 cm³/mol. The number of carboxylic acid groups (broad SMARTS) is 1. The first kappa shape index (κ1) is 10.3. The zero-order valence-electron chi connectivity index (χ0n) is 8.67. The second kappa shape index (κ2) is 3.14. The van der Waals surface area contributed by atoms with Crippen LogP contribution in [0, 0.1) is 5.41 Å². The number of hydrogen-bond acceptors (Lipinski definition) is 3. The van der Waals surface area contributed by atoms with E-state index in [0.717, 1.165) is 6.42 Å². The van der Waals surface area contributed by atoms with Crippen LogP contribution in [0.4, 0.5) is 0 Å². The molecule has 2 N–H and O–H groups in total. The van der Waals surface area contributed by atoms with Crippen molar-refractivity contribution in [2.24, 2.45) is 5.41 Å². The summed E-state index contributed by atoms with van der Waals surface area (Å²) in [6.45, 7) is 4.48. The van der Waals surface area contributed by atoms with Crippen LogP contribution in [0.15, 0.2) is 0 Å². The maximum atomic E-state index is 10.9. The molecule has 80 valence electrons. The highest BCUT2D eigenvalue weighted by Gasteiger charge is 2.54. The Morgan fingerprint density at radius 3 is 2.64 bits per heavy atom. The van der Waals surface area contributed by atoms with Gasteiger partial charge in [-0.2, -0.15) is 0 Å². The first-order valence-corrected chi connectivity index (χ1v) is 6.10. The standard InChI is InChI=1S/C10H17NO2S/c1-9(2)4-3-5-10(9)11-7(6-14-10)8(12)13/h7,11H,3-6H2,1-2H3,(H,12,13)/t7-,10?/m0/s1. The fourth-order valence-corrected chi connectivity index (χ4v) is 4.26. The first-order valence-electron chi connectivity index (χ1n) is 5.11. The molecule has 4 heteroatoms. The molecule has 0 aromatic rings. The van der Waals surface area contributed by atoms with Gasteiger partial charge >= 0.3 is 5.97 Å². The maximum Gasteiger partial charge on any atom is 0.321 e. The van der Waals surface area contributed by atoms with Gasteiger partial charge in [0.15, 0.2) is 0 Å². The SMILES string of the molecule is CC1(C)CCCC12N[C@H](C(=O)O)CS2. The van der Waals surface area contributed by atoms with Crippen LogP contribution in [0.3, 0.4) is 0 Å². The molecule has 2 fully saturated rings. The number of aliphatic carboxylic acids is 1. The zero-order chi connectivity index (χ0) is 10.4. The van der Waals surface area contributed by atoms with Gasteiger partial charge in [0.25, 0.3) is 0 Å². The molecule has 0 radical (unpaired) electrons. The van der Waals surface area contributed by atoms with E-state index in [4.69, 9.17) is 5.11 Å². The maximum absolute atomic E-state index is 10.9. The van der Waals surface area contributed by atoms with Crippen molar-refractivity contribution in [3.8, 4) is 0 Å². The summed E-state index contributed by atoms with van der Waals surface area (Å²) in [6, 6.07) is -0.350. The van der Waals surface area contributed by atoms with Gasteiger partial charge in [0, 0.05) is 5.75 Å².